The van der Waals surface area contributed by atoms with Crippen LogP contribution in [-0.4, -0.2) is 29.3 Å². The number of likely N-dealkylation sites (tertiary alicyclic amines) is 1. The molecule has 0 saturated carbocycles. The minimum absolute atomic E-state index is 0.0655. The normalized spacial score (nSPS) is 16.7. The van der Waals surface area contributed by atoms with Gasteiger partial charge in [0.05, 0.1) is 0 Å². The Hall–Kier alpha value is -2.62. The predicted molar refractivity (Wildman–Crippen MR) is 99.7 cm³/mol. The molecule has 2 aromatic rings. The van der Waals surface area contributed by atoms with E-state index < -0.39 is 6.04 Å². The van der Waals surface area contributed by atoms with Crippen LogP contribution in [0.4, 0.5) is 5.69 Å². The summed E-state index contributed by atoms with van der Waals surface area (Å²) in [6.07, 6.45) is 2.50. The van der Waals surface area contributed by atoms with Crippen molar-refractivity contribution < 1.29 is 9.59 Å². The molecular formula is C21H24N2O2. The number of hydrogen-bond donors (Lipinski definition) is 1. The number of nitrogens with one attached hydrogen (secondary N) is 1. The molecule has 4 heteroatoms. The van der Waals surface area contributed by atoms with E-state index in [1.165, 1.54) is 5.56 Å². The van der Waals surface area contributed by atoms with Crippen molar-refractivity contribution in [2.45, 2.75) is 39.2 Å². The van der Waals surface area contributed by atoms with Gasteiger partial charge in [0.15, 0.2) is 0 Å². The molecule has 2 amide bonds. The largest absolute Gasteiger partial charge is 0.327 e. The molecule has 1 heterocycles. The van der Waals surface area contributed by atoms with Gasteiger partial charge in [-0.2, -0.15) is 0 Å². The third-order valence-corrected chi connectivity index (χ3v) is 4.74. The zero-order valence-corrected chi connectivity index (χ0v) is 14.8. The summed E-state index contributed by atoms with van der Waals surface area (Å²) in [6, 6.07) is 15.0. The summed E-state index contributed by atoms with van der Waals surface area (Å²) in [5, 5.41) is 2.93. The summed E-state index contributed by atoms with van der Waals surface area (Å²) in [7, 11) is 0. The second-order valence-corrected chi connectivity index (χ2v) is 6.56. The fourth-order valence-electron chi connectivity index (χ4n) is 3.19. The van der Waals surface area contributed by atoms with Crippen molar-refractivity contribution in [1.82, 2.24) is 4.90 Å². The molecule has 1 unspecified atom stereocenters. The monoisotopic (exact) mass is 336 g/mol. The molecule has 0 aromatic heterocycles. The lowest BCUT2D eigenvalue weighted by atomic mass is 10.1. The van der Waals surface area contributed by atoms with E-state index in [0.717, 1.165) is 24.1 Å². The fraction of sp³-hybridized carbons (Fsp3) is 0.333. The van der Waals surface area contributed by atoms with Gasteiger partial charge in [0.1, 0.15) is 6.04 Å². The Balaban J connectivity index is 1.71. The summed E-state index contributed by atoms with van der Waals surface area (Å²) in [5.41, 5.74) is 3.76. The van der Waals surface area contributed by atoms with E-state index >= 15 is 0 Å². The van der Waals surface area contributed by atoms with Gasteiger partial charge in [-0.15, -0.1) is 0 Å². The first-order valence-electron chi connectivity index (χ1n) is 8.86. The van der Waals surface area contributed by atoms with Crippen molar-refractivity contribution in [3.8, 4) is 0 Å². The lowest BCUT2D eigenvalue weighted by Gasteiger charge is -2.24. The van der Waals surface area contributed by atoms with E-state index in [0.29, 0.717) is 18.5 Å². The highest BCUT2D eigenvalue weighted by atomic mass is 16.2. The second-order valence-electron chi connectivity index (χ2n) is 6.56. The smallest absolute Gasteiger partial charge is 0.254 e. The van der Waals surface area contributed by atoms with E-state index in [1.807, 2.05) is 55.5 Å². The standard InChI is InChI=1S/C21H24N2O2/c1-3-16-8-10-17(11-9-16)21(25)23-14-4-5-19(23)20(24)22-18-12-6-15(2)7-13-18/h6-13,19H,3-5,14H2,1-2H3,(H,22,24). The number of anilines is 1. The molecule has 1 saturated heterocycles. The second kappa shape index (κ2) is 7.51. The predicted octanol–water partition coefficient (Wildman–Crippen LogP) is 3.80. The van der Waals surface area contributed by atoms with Crippen LogP contribution in [0.1, 0.15) is 41.3 Å². The van der Waals surface area contributed by atoms with Gasteiger partial charge in [-0.1, -0.05) is 36.8 Å². The van der Waals surface area contributed by atoms with Crippen LogP contribution in [-0.2, 0) is 11.2 Å². The van der Waals surface area contributed by atoms with Crippen LogP contribution in [0.2, 0.25) is 0 Å². The van der Waals surface area contributed by atoms with Gasteiger partial charge >= 0.3 is 0 Å². The first-order valence-corrected chi connectivity index (χ1v) is 8.86. The maximum atomic E-state index is 12.8. The van der Waals surface area contributed by atoms with Crippen molar-refractivity contribution in [2.75, 3.05) is 11.9 Å². The average Bonchev–Trinajstić information content (AvgIpc) is 3.13. The molecule has 1 aliphatic rings. The lowest BCUT2D eigenvalue weighted by molar-refractivity contribution is -0.119. The number of nitrogens with zero attached hydrogens (tertiary/aromatic N) is 1. The molecule has 1 fully saturated rings. The number of rotatable bonds is 4. The number of aryl methyl sites for hydroxylation is 2. The third-order valence-electron chi connectivity index (χ3n) is 4.74. The molecule has 4 nitrogen and oxygen atoms in total. The molecule has 0 spiro atoms. The first kappa shape index (κ1) is 17.2. The van der Waals surface area contributed by atoms with Crippen LogP contribution in [0.3, 0.4) is 0 Å². The van der Waals surface area contributed by atoms with Crippen molar-refractivity contribution in [1.29, 1.82) is 0 Å². The summed E-state index contributed by atoms with van der Waals surface area (Å²) < 4.78 is 0. The summed E-state index contributed by atoms with van der Waals surface area (Å²) in [4.78, 5) is 27.1. The molecule has 1 N–H and O–H groups in total. The molecule has 0 bridgehead atoms. The SMILES string of the molecule is CCc1ccc(C(=O)N2CCCC2C(=O)Nc2ccc(C)cc2)cc1. The Bertz CT molecular complexity index is 750. The number of amides is 2. The molecule has 130 valence electrons. The Morgan fingerprint density at radius 3 is 2.40 bits per heavy atom. The van der Waals surface area contributed by atoms with Crippen LogP contribution in [0.25, 0.3) is 0 Å². The topological polar surface area (TPSA) is 49.4 Å². The van der Waals surface area contributed by atoms with Crippen LogP contribution in [0.5, 0.6) is 0 Å². The fourth-order valence-corrected chi connectivity index (χ4v) is 3.19. The summed E-state index contributed by atoms with van der Waals surface area (Å²) in [5.74, 6) is -0.177. The van der Waals surface area contributed by atoms with Gasteiger partial charge in [-0.3, -0.25) is 9.59 Å². The van der Waals surface area contributed by atoms with Crippen molar-refractivity contribution in [2.24, 2.45) is 0 Å². The van der Waals surface area contributed by atoms with E-state index in [1.54, 1.807) is 4.90 Å². The maximum Gasteiger partial charge on any atom is 0.254 e. The molecular weight excluding hydrogens is 312 g/mol. The number of benzene rings is 2. The summed E-state index contributed by atoms with van der Waals surface area (Å²) >= 11 is 0. The van der Waals surface area contributed by atoms with Crippen LogP contribution < -0.4 is 5.32 Å². The molecule has 25 heavy (non-hydrogen) atoms. The van der Waals surface area contributed by atoms with E-state index in [2.05, 4.69) is 12.2 Å². The minimum Gasteiger partial charge on any atom is -0.327 e. The highest BCUT2D eigenvalue weighted by Crippen LogP contribution is 2.22. The van der Waals surface area contributed by atoms with Crippen molar-refractivity contribution in [3.63, 3.8) is 0 Å². The van der Waals surface area contributed by atoms with Gasteiger partial charge < -0.3 is 10.2 Å². The Morgan fingerprint density at radius 2 is 1.76 bits per heavy atom. The average molecular weight is 336 g/mol. The van der Waals surface area contributed by atoms with Gasteiger partial charge in [-0.25, -0.2) is 0 Å². The molecule has 1 aliphatic heterocycles. The highest BCUT2D eigenvalue weighted by molar-refractivity contribution is 6.01. The lowest BCUT2D eigenvalue weighted by Crippen LogP contribution is -2.43. The van der Waals surface area contributed by atoms with Gasteiger partial charge in [0, 0.05) is 17.8 Å². The van der Waals surface area contributed by atoms with E-state index in [-0.39, 0.29) is 11.8 Å². The Morgan fingerprint density at radius 1 is 1.08 bits per heavy atom. The van der Waals surface area contributed by atoms with Crippen molar-refractivity contribution >= 4 is 17.5 Å². The third kappa shape index (κ3) is 3.90. The Labute approximate surface area is 148 Å². The quantitative estimate of drug-likeness (QED) is 0.923. The number of hydrogen-bond acceptors (Lipinski definition) is 2. The van der Waals surface area contributed by atoms with Gasteiger partial charge in [-0.05, 0) is 56.0 Å². The van der Waals surface area contributed by atoms with Crippen LogP contribution >= 0.6 is 0 Å². The minimum atomic E-state index is -0.403. The molecule has 0 radical (unpaired) electrons. The Kier molecular flexibility index (Phi) is 5.17. The van der Waals surface area contributed by atoms with Gasteiger partial charge in [0.25, 0.3) is 5.91 Å². The molecule has 1 atom stereocenters. The van der Waals surface area contributed by atoms with Crippen LogP contribution in [0, 0.1) is 6.92 Å². The number of carbonyl (C=O) groups is 2. The molecule has 2 aromatic carbocycles. The highest BCUT2D eigenvalue weighted by Gasteiger charge is 2.34. The first-order chi connectivity index (χ1) is 12.1. The zero-order valence-electron chi connectivity index (χ0n) is 14.8. The van der Waals surface area contributed by atoms with Crippen LogP contribution in [0.15, 0.2) is 48.5 Å². The molecule has 0 aliphatic carbocycles. The van der Waals surface area contributed by atoms with E-state index in [9.17, 15) is 9.59 Å². The number of carbonyl (C=O) groups excluding carboxylic acids is 2. The van der Waals surface area contributed by atoms with Crippen molar-refractivity contribution in [3.05, 3.63) is 65.2 Å². The summed E-state index contributed by atoms with van der Waals surface area (Å²) in [6.45, 7) is 4.72. The molecule has 3 rings (SSSR count). The maximum absolute atomic E-state index is 12.8. The van der Waals surface area contributed by atoms with E-state index in [4.69, 9.17) is 0 Å². The van der Waals surface area contributed by atoms with Gasteiger partial charge in [0.2, 0.25) is 5.91 Å². The zero-order chi connectivity index (χ0) is 17.8.